The normalized spacial score (nSPS) is 26.4. The van der Waals surface area contributed by atoms with Crippen LogP contribution >= 0.6 is 0 Å². The van der Waals surface area contributed by atoms with Crippen molar-refractivity contribution < 1.29 is 9.90 Å². The van der Waals surface area contributed by atoms with Gasteiger partial charge in [0, 0.05) is 13.2 Å². The van der Waals surface area contributed by atoms with Crippen molar-refractivity contribution in [1.82, 2.24) is 10.6 Å². The molecule has 1 fully saturated rings. The summed E-state index contributed by atoms with van der Waals surface area (Å²) in [6.07, 6.45) is 3.46. The third-order valence-electron chi connectivity index (χ3n) is 2.90. The third-order valence-corrected chi connectivity index (χ3v) is 2.90. The molecule has 0 bridgehead atoms. The van der Waals surface area contributed by atoms with Crippen molar-refractivity contribution in [1.29, 1.82) is 0 Å². The predicted molar refractivity (Wildman–Crippen MR) is 55.0 cm³/mol. The van der Waals surface area contributed by atoms with Gasteiger partial charge in [0.25, 0.3) is 0 Å². The van der Waals surface area contributed by atoms with E-state index in [-0.39, 0.29) is 18.1 Å². The first-order valence-electron chi connectivity index (χ1n) is 5.39. The van der Waals surface area contributed by atoms with Gasteiger partial charge < -0.3 is 15.7 Å². The SMILES string of the molecule is CCC1(C(=O)NCCCO)CCCN1. The summed E-state index contributed by atoms with van der Waals surface area (Å²) in [6, 6.07) is 0. The highest BCUT2D eigenvalue weighted by molar-refractivity contribution is 5.86. The molecule has 1 aliphatic heterocycles. The van der Waals surface area contributed by atoms with Gasteiger partial charge in [0.1, 0.15) is 0 Å². The Morgan fingerprint density at radius 2 is 2.43 bits per heavy atom. The Morgan fingerprint density at radius 3 is 2.93 bits per heavy atom. The number of aliphatic hydroxyl groups excluding tert-OH is 1. The van der Waals surface area contributed by atoms with Crippen LogP contribution in [-0.2, 0) is 4.79 Å². The van der Waals surface area contributed by atoms with Gasteiger partial charge in [0.2, 0.25) is 5.91 Å². The van der Waals surface area contributed by atoms with Crippen molar-refractivity contribution in [3.63, 3.8) is 0 Å². The van der Waals surface area contributed by atoms with E-state index in [2.05, 4.69) is 10.6 Å². The van der Waals surface area contributed by atoms with Crippen molar-refractivity contribution in [3.05, 3.63) is 0 Å². The lowest BCUT2D eigenvalue weighted by molar-refractivity contribution is -0.127. The number of hydrogen-bond acceptors (Lipinski definition) is 3. The van der Waals surface area contributed by atoms with Gasteiger partial charge in [-0.2, -0.15) is 0 Å². The molecule has 0 aromatic carbocycles. The number of nitrogens with one attached hydrogen (secondary N) is 2. The maximum absolute atomic E-state index is 11.8. The summed E-state index contributed by atoms with van der Waals surface area (Å²) >= 11 is 0. The number of aliphatic hydroxyl groups is 1. The second-order valence-electron chi connectivity index (χ2n) is 3.80. The quantitative estimate of drug-likeness (QED) is 0.548. The van der Waals surface area contributed by atoms with Gasteiger partial charge in [-0.15, -0.1) is 0 Å². The lowest BCUT2D eigenvalue weighted by Gasteiger charge is -2.26. The molecule has 0 aliphatic carbocycles. The molecular weight excluding hydrogens is 180 g/mol. The van der Waals surface area contributed by atoms with E-state index in [1.54, 1.807) is 0 Å². The highest BCUT2D eigenvalue weighted by Gasteiger charge is 2.38. The molecule has 1 heterocycles. The minimum absolute atomic E-state index is 0.0888. The first-order chi connectivity index (χ1) is 6.75. The van der Waals surface area contributed by atoms with Crippen LogP contribution in [0.3, 0.4) is 0 Å². The fourth-order valence-electron chi connectivity index (χ4n) is 1.91. The minimum Gasteiger partial charge on any atom is -0.396 e. The van der Waals surface area contributed by atoms with E-state index in [0.717, 1.165) is 25.8 Å². The summed E-state index contributed by atoms with van der Waals surface area (Å²) in [4.78, 5) is 11.8. The summed E-state index contributed by atoms with van der Waals surface area (Å²) in [5, 5.41) is 14.7. The average Bonchev–Trinajstić information content (AvgIpc) is 2.67. The van der Waals surface area contributed by atoms with E-state index in [1.165, 1.54) is 0 Å². The van der Waals surface area contributed by atoms with Gasteiger partial charge in [-0.1, -0.05) is 6.92 Å². The molecule has 3 N–H and O–H groups in total. The van der Waals surface area contributed by atoms with E-state index < -0.39 is 0 Å². The fraction of sp³-hybridized carbons (Fsp3) is 0.900. The molecule has 1 rings (SSSR count). The summed E-state index contributed by atoms with van der Waals surface area (Å²) in [5.74, 6) is 0.0888. The molecule has 1 atom stereocenters. The van der Waals surface area contributed by atoms with Gasteiger partial charge in [-0.25, -0.2) is 0 Å². The molecule has 4 nitrogen and oxygen atoms in total. The molecular formula is C10H20N2O2. The van der Waals surface area contributed by atoms with Crippen molar-refractivity contribution in [2.24, 2.45) is 0 Å². The molecule has 0 radical (unpaired) electrons. The summed E-state index contributed by atoms with van der Waals surface area (Å²) in [6.45, 7) is 3.66. The van der Waals surface area contributed by atoms with Crippen LogP contribution in [0.5, 0.6) is 0 Å². The van der Waals surface area contributed by atoms with Crippen LogP contribution in [0.1, 0.15) is 32.6 Å². The van der Waals surface area contributed by atoms with Crippen molar-refractivity contribution >= 4 is 5.91 Å². The summed E-state index contributed by atoms with van der Waals surface area (Å²) < 4.78 is 0. The first-order valence-corrected chi connectivity index (χ1v) is 5.39. The van der Waals surface area contributed by atoms with Gasteiger partial charge >= 0.3 is 0 Å². The largest absolute Gasteiger partial charge is 0.396 e. The average molecular weight is 200 g/mol. The lowest BCUT2D eigenvalue weighted by atomic mass is 9.93. The zero-order valence-corrected chi connectivity index (χ0v) is 8.81. The van der Waals surface area contributed by atoms with Gasteiger partial charge in [0.15, 0.2) is 0 Å². The van der Waals surface area contributed by atoms with Gasteiger partial charge in [-0.3, -0.25) is 4.79 Å². The van der Waals surface area contributed by atoms with E-state index in [9.17, 15) is 4.79 Å². The van der Waals surface area contributed by atoms with E-state index >= 15 is 0 Å². The molecule has 1 aliphatic rings. The van der Waals surface area contributed by atoms with Crippen molar-refractivity contribution in [2.45, 2.75) is 38.1 Å². The summed E-state index contributed by atoms with van der Waals surface area (Å²) in [7, 11) is 0. The van der Waals surface area contributed by atoms with Crippen LogP contribution in [0.25, 0.3) is 0 Å². The Morgan fingerprint density at radius 1 is 1.64 bits per heavy atom. The monoisotopic (exact) mass is 200 g/mol. The van der Waals surface area contributed by atoms with Crippen molar-refractivity contribution in [2.75, 3.05) is 19.7 Å². The third kappa shape index (κ3) is 2.45. The topological polar surface area (TPSA) is 61.4 Å². The van der Waals surface area contributed by atoms with Crippen LogP contribution in [0.4, 0.5) is 0 Å². The fourth-order valence-corrected chi connectivity index (χ4v) is 1.91. The van der Waals surface area contributed by atoms with Crippen molar-refractivity contribution in [3.8, 4) is 0 Å². The Bertz CT molecular complexity index is 189. The molecule has 14 heavy (non-hydrogen) atoms. The smallest absolute Gasteiger partial charge is 0.240 e. The number of rotatable bonds is 5. The molecule has 0 saturated carbocycles. The predicted octanol–water partition coefficient (Wildman–Crippen LogP) is 0.0172. The van der Waals surface area contributed by atoms with E-state index in [4.69, 9.17) is 5.11 Å². The maximum atomic E-state index is 11.8. The Balaban J connectivity index is 2.40. The van der Waals surface area contributed by atoms with Crippen LogP contribution in [0.15, 0.2) is 0 Å². The molecule has 0 aromatic heterocycles. The number of carbonyl (C=O) groups is 1. The lowest BCUT2D eigenvalue weighted by Crippen LogP contribution is -2.53. The van der Waals surface area contributed by atoms with Crippen LogP contribution < -0.4 is 10.6 Å². The Kier molecular flexibility index (Phi) is 4.35. The highest BCUT2D eigenvalue weighted by Crippen LogP contribution is 2.22. The van der Waals surface area contributed by atoms with E-state index in [0.29, 0.717) is 13.0 Å². The molecule has 0 aromatic rings. The molecule has 1 amide bonds. The second-order valence-corrected chi connectivity index (χ2v) is 3.80. The van der Waals surface area contributed by atoms with E-state index in [1.807, 2.05) is 6.92 Å². The zero-order chi connectivity index (χ0) is 10.4. The zero-order valence-electron chi connectivity index (χ0n) is 8.81. The number of hydrogen-bond donors (Lipinski definition) is 3. The second kappa shape index (κ2) is 5.32. The van der Waals surface area contributed by atoms with Crippen LogP contribution in [0.2, 0.25) is 0 Å². The highest BCUT2D eigenvalue weighted by atomic mass is 16.3. The van der Waals surface area contributed by atoms with Crippen LogP contribution in [0, 0.1) is 0 Å². The Labute approximate surface area is 85.1 Å². The van der Waals surface area contributed by atoms with Gasteiger partial charge in [0.05, 0.1) is 5.54 Å². The standard InChI is InChI=1S/C10H20N2O2/c1-2-10(5-3-7-12-10)9(14)11-6-4-8-13/h12-13H,2-8H2,1H3,(H,11,14). The molecule has 1 saturated heterocycles. The Hall–Kier alpha value is -0.610. The van der Waals surface area contributed by atoms with Crippen LogP contribution in [-0.4, -0.2) is 36.2 Å². The molecule has 0 spiro atoms. The minimum atomic E-state index is -0.338. The number of carbonyl (C=O) groups excluding carboxylic acids is 1. The molecule has 4 heteroatoms. The first kappa shape index (κ1) is 11.5. The summed E-state index contributed by atoms with van der Waals surface area (Å²) in [5.41, 5.74) is -0.338. The molecule has 82 valence electrons. The molecule has 1 unspecified atom stereocenters. The maximum Gasteiger partial charge on any atom is 0.240 e. The number of amides is 1. The van der Waals surface area contributed by atoms with Gasteiger partial charge in [-0.05, 0) is 32.2 Å².